The molecule has 0 bridgehead atoms. The maximum Gasteiger partial charge on any atom is 0.191 e. The van der Waals surface area contributed by atoms with Crippen LogP contribution >= 0.6 is 11.3 Å². The smallest absolute Gasteiger partial charge is 0.191 e. The summed E-state index contributed by atoms with van der Waals surface area (Å²) in [6, 6.07) is 10.2. The van der Waals surface area contributed by atoms with E-state index in [-0.39, 0.29) is 6.10 Å². The molecule has 5 nitrogen and oxygen atoms in total. The zero-order valence-electron chi connectivity index (χ0n) is 14.6. The predicted molar refractivity (Wildman–Crippen MR) is 101 cm³/mol. The summed E-state index contributed by atoms with van der Waals surface area (Å²) in [6.07, 6.45) is 0.851. The van der Waals surface area contributed by atoms with Gasteiger partial charge in [-0.25, -0.2) is 4.98 Å². The number of hydrogen-bond donors (Lipinski definition) is 2. The minimum Gasteiger partial charge on any atom is -0.375 e. The number of benzene rings is 1. The van der Waals surface area contributed by atoms with Crippen molar-refractivity contribution in [2.75, 3.05) is 26.7 Å². The highest BCUT2D eigenvalue weighted by Crippen LogP contribution is 2.16. The molecule has 0 saturated heterocycles. The molecule has 1 heterocycles. The Balaban J connectivity index is 1.89. The maximum absolute atomic E-state index is 5.57. The topological polar surface area (TPSA) is 58.5 Å². The van der Waals surface area contributed by atoms with Gasteiger partial charge in [0.1, 0.15) is 6.10 Å². The molecule has 0 aliphatic rings. The largest absolute Gasteiger partial charge is 0.375 e. The molecule has 2 aromatic rings. The number of guanidine groups is 1. The summed E-state index contributed by atoms with van der Waals surface area (Å²) < 4.78 is 5.57. The van der Waals surface area contributed by atoms with Crippen molar-refractivity contribution in [3.63, 3.8) is 0 Å². The maximum atomic E-state index is 5.57. The van der Waals surface area contributed by atoms with E-state index in [1.165, 1.54) is 0 Å². The van der Waals surface area contributed by atoms with Gasteiger partial charge in [0.2, 0.25) is 0 Å². The summed E-state index contributed by atoms with van der Waals surface area (Å²) in [7, 11) is 1.72. The molecule has 1 atom stereocenters. The Labute approximate surface area is 148 Å². The molecule has 2 rings (SSSR count). The van der Waals surface area contributed by atoms with Crippen LogP contribution in [0.5, 0.6) is 0 Å². The Hall–Kier alpha value is -1.92. The minimum atomic E-state index is -0.0390. The molecule has 1 aromatic heterocycles. The molecule has 0 spiro atoms. The Bertz CT molecular complexity index is 627. The molecule has 1 unspecified atom stereocenters. The van der Waals surface area contributed by atoms with Crippen LogP contribution in [0.3, 0.4) is 0 Å². The molecule has 0 aliphatic carbocycles. The molecule has 1 aromatic carbocycles. The van der Waals surface area contributed by atoms with Crippen molar-refractivity contribution in [3.05, 3.63) is 52.0 Å². The van der Waals surface area contributed by atoms with Crippen molar-refractivity contribution in [3.8, 4) is 0 Å². The first kappa shape index (κ1) is 18.4. The number of aliphatic imine (C=N–C) groups is 1. The van der Waals surface area contributed by atoms with E-state index in [1.54, 1.807) is 18.4 Å². The molecule has 24 heavy (non-hydrogen) atoms. The van der Waals surface area contributed by atoms with Gasteiger partial charge in [0.05, 0.1) is 17.2 Å². The summed E-state index contributed by atoms with van der Waals surface area (Å²) in [5.41, 5.74) is 2.26. The van der Waals surface area contributed by atoms with Gasteiger partial charge in [-0.3, -0.25) is 4.99 Å². The molecule has 0 saturated carbocycles. The fourth-order valence-electron chi connectivity index (χ4n) is 2.33. The van der Waals surface area contributed by atoms with Gasteiger partial charge in [0, 0.05) is 32.0 Å². The van der Waals surface area contributed by atoms with E-state index in [4.69, 9.17) is 4.74 Å². The highest BCUT2D eigenvalue weighted by atomic mass is 32.1. The minimum absolute atomic E-state index is 0.0390. The number of methoxy groups -OCH3 is 1. The number of nitrogens with one attached hydrogen (secondary N) is 2. The molecule has 6 heteroatoms. The first-order valence-corrected chi connectivity index (χ1v) is 9.11. The Morgan fingerprint density at radius 2 is 2.08 bits per heavy atom. The highest BCUT2D eigenvalue weighted by molar-refractivity contribution is 7.09. The van der Waals surface area contributed by atoms with Crippen molar-refractivity contribution in [1.29, 1.82) is 0 Å². The Kier molecular flexibility index (Phi) is 7.71. The van der Waals surface area contributed by atoms with Gasteiger partial charge in [-0.2, -0.15) is 0 Å². The standard InChI is InChI=1S/C18H26N4OS/c1-4-19-18(20-11-10-16-13-24-14(2)22-16)21-12-17(23-3)15-8-6-5-7-9-15/h5-9,13,17H,4,10-12H2,1-3H3,(H2,19,20,21). The number of thiazole rings is 1. The zero-order chi connectivity index (χ0) is 17.2. The van der Waals surface area contributed by atoms with Crippen LogP contribution in [0.15, 0.2) is 40.7 Å². The summed E-state index contributed by atoms with van der Waals surface area (Å²) in [6.45, 7) is 6.29. The van der Waals surface area contributed by atoms with Gasteiger partial charge in [0.25, 0.3) is 0 Å². The van der Waals surface area contributed by atoms with E-state index in [9.17, 15) is 0 Å². The third kappa shape index (κ3) is 5.94. The van der Waals surface area contributed by atoms with Gasteiger partial charge in [0.15, 0.2) is 5.96 Å². The van der Waals surface area contributed by atoms with E-state index < -0.39 is 0 Å². The first-order valence-electron chi connectivity index (χ1n) is 8.23. The van der Waals surface area contributed by atoms with E-state index in [0.29, 0.717) is 6.54 Å². The van der Waals surface area contributed by atoms with Crippen LogP contribution < -0.4 is 10.6 Å². The Morgan fingerprint density at radius 1 is 1.29 bits per heavy atom. The SMILES string of the molecule is CCNC(=NCC(OC)c1ccccc1)NCCc1csc(C)n1. The third-order valence-corrected chi connectivity index (χ3v) is 4.38. The van der Waals surface area contributed by atoms with Crippen LogP contribution in [0.1, 0.15) is 29.3 Å². The third-order valence-electron chi connectivity index (χ3n) is 3.56. The summed E-state index contributed by atoms with van der Waals surface area (Å²) in [4.78, 5) is 9.13. The van der Waals surface area contributed by atoms with E-state index in [0.717, 1.165) is 41.7 Å². The van der Waals surface area contributed by atoms with Crippen LogP contribution in [-0.4, -0.2) is 37.7 Å². The lowest BCUT2D eigenvalue weighted by Crippen LogP contribution is -2.38. The fourth-order valence-corrected chi connectivity index (χ4v) is 2.98. The van der Waals surface area contributed by atoms with Crippen LogP contribution in [-0.2, 0) is 11.2 Å². The first-order chi connectivity index (χ1) is 11.7. The summed E-state index contributed by atoms with van der Waals surface area (Å²) >= 11 is 1.69. The molecule has 0 radical (unpaired) electrons. The highest BCUT2D eigenvalue weighted by Gasteiger charge is 2.09. The van der Waals surface area contributed by atoms with Crippen LogP contribution in [0.2, 0.25) is 0 Å². The van der Waals surface area contributed by atoms with Crippen molar-refractivity contribution >= 4 is 17.3 Å². The molecule has 0 fully saturated rings. The number of rotatable bonds is 8. The summed E-state index contributed by atoms with van der Waals surface area (Å²) in [5.74, 6) is 0.808. The average molecular weight is 347 g/mol. The monoisotopic (exact) mass is 346 g/mol. The lowest BCUT2D eigenvalue weighted by atomic mass is 10.1. The second-order valence-corrected chi connectivity index (χ2v) is 6.45. The molecular weight excluding hydrogens is 320 g/mol. The molecule has 0 aliphatic heterocycles. The van der Waals surface area contributed by atoms with Gasteiger partial charge >= 0.3 is 0 Å². The molecule has 2 N–H and O–H groups in total. The molecular formula is C18H26N4OS. The fraction of sp³-hybridized carbons (Fsp3) is 0.444. The zero-order valence-corrected chi connectivity index (χ0v) is 15.4. The van der Waals surface area contributed by atoms with Crippen LogP contribution in [0, 0.1) is 6.92 Å². The predicted octanol–water partition coefficient (Wildman–Crippen LogP) is 2.94. The second-order valence-electron chi connectivity index (χ2n) is 5.39. The second kappa shape index (κ2) is 10.1. The average Bonchev–Trinajstić information content (AvgIpc) is 3.01. The normalized spacial score (nSPS) is 12.9. The van der Waals surface area contributed by atoms with E-state index >= 15 is 0 Å². The van der Waals surface area contributed by atoms with Gasteiger partial charge < -0.3 is 15.4 Å². The van der Waals surface area contributed by atoms with E-state index in [2.05, 4.69) is 45.0 Å². The van der Waals surface area contributed by atoms with Crippen LogP contribution in [0.4, 0.5) is 0 Å². The van der Waals surface area contributed by atoms with Crippen molar-refractivity contribution in [2.24, 2.45) is 4.99 Å². The lowest BCUT2D eigenvalue weighted by Gasteiger charge is -2.15. The van der Waals surface area contributed by atoms with Gasteiger partial charge in [-0.15, -0.1) is 11.3 Å². The number of hydrogen-bond acceptors (Lipinski definition) is 4. The van der Waals surface area contributed by atoms with Crippen LogP contribution in [0.25, 0.3) is 0 Å². The van der Waals surface area contributed by atoms with Gasteiger partial charge in [-0.05, 0) is 19.4 Å². The number of nitrogens with zero attached hydrogens (tertiary/aromatic N) is 2. The van der Waals surface area contributed by atoms with Crippen molar-refractivity contribution < 1.29 is 4.74 Å². The number of ether oxygens (including phenoxy) is 1. The van der Waals surface area contributed by atoms with Crippen molar-refractivity contribution in [1.82, 2.24) is 15.6 Å². The summed E-state index contributed by atoms with van der Waals surface area (Å²) in [5, 5.41) is 9.84. The molecule has 130 valence electrons. The lowest BCUT2D eigenvalue weighted by molar-refractivity contribution is 0.111. The van der Waals surface area contributed by atoms with E-state index in [1.807, 2.05) is 25.1 Å². The quantitative estimate of drug-likeness (QED) is 0.570. The van der Waals surface area contributed by atoms with Gasteiger partial charge in [-0.1, -0.05) is 30.3 Å². The molecule has 0 amide bonds. The Morgan fingerprint density at radius 3 is 2.71 bits per heavy atom. The van der Waals surface area contributed by atoms with Crippen molar-refractivity contribution in [2.45, 2.75) is 26.4 Å². The number of aromatic nitrogens is 1. The number of aryl methyl sites for hydroxylation is 1.